The van der Waals surface area contributed by atoms with Crippen LogP contribution in [0.1, 0.15) is 34.6 Å². The van der Waals surface area contributed by atoms with Gasteiger partial charge in [-0.3, -0.25) is 9.59 Å². The van der Waals surface area contributed by atoms with Crippen molar-refractivity contribution in [3.05, 3.63) is 0 Å². The van der Waals surface area contributed by atoms with Gasteiger partial charge in [0.15, 0.2) is 24.0 Å². The molecule has 0 aromatic rings. The summed E-state index contributed by atoms with van der Waals surface area (Å²) in [5.41, 5.74) is 0. The van der Waals surface area contributed by atoms with Gasteiger partial charge in [0.1, 0.15) is 24.4 Å². The maximum Gasteiger partial charge on any atom is 0.325 e. The molecule has 24 heavy (non-hydrogen) atoms. The third-order valence-electron chi connectivity index (χ3n) is 4.14. The van der Waals surface area contributed by atoms with Crippen LogP contribution < -0.4 is 5.32 Å². The summed E-state index contributed by atoms with van der Waals surface area (Å²) in [6, 6.07) is -1.05. The minimum atomic E-state index is -1.14. The van der Waals surface area contributed by atoms with Crippen molar-refractivity contribution < 1.29 is 38.4 Å². The normalized spacial score (nSPS) is 40.5. The van der Waals surface area contributed by atoms with Crippen LogP contribution in [0.2, 0.25) is 0 Å². The van der Waals surface area contributed by atoms with E-state index in [0.29, 0.717) is 0 Å². The zero-order chi connectivity index (χ0) is 17.9. The van der Waals surface area contributed by atoms with Crippen molar-refractivity contribution in [2.75, 3.05) is 0 Å². The first-order chi connectivity index (χ1) is 11.0. The molecule has 0 saturated carbocycles. The number of carboxylic acids is 1. The summed E-state index contributed by atoms with van der Waals surface area (Å²) in [5.74, 6) is -3.52. The molecule has 2 N–H and O–H groups in total. The highest BCUT2D eigenvalue weighted by atomic mass is 16.9. The second-order valence-electron chi connectivity index (χ2n) is 7.16. The van der Waals surface area contributed by atoms with Gasteiger partial charge in [0, 0.05) is 0 Å². The minimum absolute atomic E-state index is 0.535. The number of hydrogen-bond donors (Lipinski definition) is 2. The molecule has 0 spiro atoms. The summed E-state index contributed by atoms with van der Waals surface area (Å²) in [4.78, 5) is 23.4. The Morgan fingerprint density at radius 2 is 1.50 bits per heavy atom. The van der Waals surface area contributed by atoms with Crippen molar-refractivity contribution in [1.82, 2.24) is 5.32 Å². The monoisotopic (exact) mass is 345 g/mol. The number of fused-ring (bicyclic) bond motifs is 3. The summed E-state index contributed by atoms with van der Waals surface area (Å²) < 4.78 is 29.0. The molecule has 3 fully saturated rings. The Balaban J connectivity index is 1.82. The van der Waals surface area contributed by atoms with Crippen molar-refractivity contribution in [2.24, 2.45) is 0 Å². The van der Waals surface area contributed by atoms with E-state index < -0.39 is 60.2 Å². The first kappa shape index (κ1) is 17.6. The van der Waals surface area contributed by atoms with Crippen LogP contribution in [-0.4, -0.2) is 65.3 Å². The fraction of sp³-hybridized carbons (Fsp3) is 0.867. The number of carbonyl (C=O) groups is 2. The maximum absolute atomic E-state index is 12.5. The van der Waals surface area contributed by atoms with E-state index in [1.807, 2.05) is 0 Å². The molecule has 9 heteroatoms. The van der Waals surface area contributed by atoms with Gasteiger partial charge >= 0.3 is 5.97 Å². The number of rotatable bonds is 3. The third-order valence-corrected chi connectivity index (χ3v) is 4.14. The molecular formula is C15H23NO8. The fourth-order valence-electron chi connectivity index (χ4n) is 3.18. The molecule has 3 aliphatic rings. The molecule has 0 radical (unpaired) electrons. The number of nitrogens with one attached hydrogen (secondary N) is 1. The van der Waals surface area contributed by atoms with Crippen LogP contribution in [0.4, 0.5) is 0 Å². The molecule has 3 saturated heterocycles. The second kappa shape index (κ2) is 5.63. The van der Waals surface area contributed by atoms with Gasteiger partial charge in [0.05, 0.1) is 0 Å². The lowest BCUT2D eigenvalue weighted by atomic mass is 9.98. The van der Waals surface area contributed by atoms with Gasteiger partial charge in [0.2, 0.25) is 0 Å². The molecule has 3 heterocycles. The topological polar surface area (TPSA) is 113 Å². The molecule has 0 aromatic carbocycles. The molecular weight excluding hydrogens is 322 g/mol. The van der Waals surface area contributed by atoms with Gasteiger partial charge in [-0.25, -0.2) is 0 Å². The highest BCUT2D eigenvalue weighted by Crippen LogP contribution is 2.44. The van der Waals surface area contributed by atoms with Crippen LogP contribution in [0, 0.1) is 0 Å². The molecule has 0 bridgehead atoms. The molecule has 3 aliphatic heterocycles. The number of ether oxygens (including phenoxy) is 5. The number of hydrogen-bond acceptors (Lipinski definition) is 7. The Morgan fingerprint density at radius 1 is 0.958 bits per heavy atom. The molecule has 1 amide bonds. The summed E-state index contributed by atoms with van der Waals surface area (Å²) in [6.07, 6.45) is -3.67. The average molecular weight is 345 g/mol. The lowest BCUT2D eigenvalue weighted by Gasteiger charge is -2.36. The Bertz CT molecular complexity index is 548. The maximum atomic E-state index is 12.5. The van der Waals surface area contributed by atoms with Gasteiger partial charge in [-0.2, -0.15) is 0 Å². The van der Waals surface area contributed by atoms with E-state index in [4.69, 9.17) is 28.8 Å². The lowest BCUT2D eigenvalue weighted by molar-refractivity contribution is -0.231. The van der Waals surface area contributed by atoms with E-state index in [0.717, 1.165) is 0 Å². The Kier molecular flexibility index (Phi) is 4.12. The first-order valence-corrected chi connectivity index (χ1v) is 7.89. The van der Waals surface area contributed by atoms with Crippen LogP contribution in [0.25, 0.3) is 0 Å². The van der Waals surface area contributed by atoms with Gasteiger partial charge in [0.25, 0.3) is 5.91 Å². The Hall–Kier alpha value is -1.26. The second-order valence-corrected chi connectivity index (χ2v) is 7.16. The van der Waals surface area contributed by atoms with Crippen molar-refractivity contribution in [3.8, 4) is 0 Å². The van der Waals surface area contributed by atoms with E-state index in [1.54, 1.807) is 27.7 Å². The number of aliphatic carboxylic acids is 1. The van der Waals surface area contributed by atoms with Crippen molar-refractivity contribution in [1.29, 1.82) is 0 Å². The number of carboxylic acid groups (broad SMARTS) is 1. The molecule has 6 atom stereocenters. The summed E-state index contributed by atoms with van der Waals surface area (Å²) in [7, 11) is 0. The smallest absolute Gasteiger partial charge is 0.325 e. The van der Waals surface area contributed by atoms with E-state index in [9.17, 15) is 9.59 Å². The summed E-state index contributed by atoms with van der Waals surface area (Å²) >= 11 is 0. The zero-order valence-corrected chi connectivity index (χ0v) is 14.3. The van der Waals surface area contributed by atoms with Crippen LogP contribution in [0.15, 0.2) is 0 Å². The predicted molar refractivity (Wildman–Crippen MR) is 77.8 cm³/mol. The summed E-state index contributed by atoms with van der Waals surface area (Å²) in [5, 5.41) is 11.4. The van der Waals surface area contributed by atoms with Crippen molar-refractivity contribution in [2.45, 2.75) is 82.9 Å². The molecule has 0 aliphatic carbocycles. The highest BCUT2D eigenvalue weighted by molar-refractivity contribution is 5.86. The van der Waals surface area contributed by atoms with Crippen LogP contribution in [-0.2, 0) is 33.3 Å². The van der Waals surface area contributed by atoms with Crippen LogP contribution in [0.3, 0.4) is 0 Å². The Morgan fingerprint density at radius 3 is 2.12 bits per heavy atom. The first-order valence-electron chi connectivity index (χ1n) is 7.89. The standard InChI is InChI=1S/C15H23NO8/c1-6(12(18)19)16-11(17)9-7-8(22-14(2,3)21-7)10-13(20-9)24-15(4,5)23-10/h6-10,13H,1-5H3,(H,16,17)(H,18,19)/t6?,7-,8+,9+,10-,13-/m0/s1. The van der Waals surface area contributed by atoms with Gasteiger partial charge < -0.3 is 34.1 Å². The molecule has 3 rings (SSSR count). The fourth-order valence-corrected chi connectivity index (χ4v) is 3.18. The Labute approximate surface area is 139 Å². The number of amides is 1. The van der Waals surface area contributed by atoms with E-state index >= 15 is 0 Å². The average Bonchev–Trinajstić information content (AvgIpc) is 2.91. The quantitative estimate of drug-likeness (QED) is 0.733. The predicted octanol–water partition coefficient (Wildman–Crippen LogP) is -0.0278. The zero-order valence-electron chi connectivity index (χ0n) is 14.3. The van der Waals surface area contributed by atoms with Crippen molar-refractivity contribution in [3.63, 3.8) is 0 Å². The molecule has 1 unspecified atom stereocenters. The minimum Gasteiger partial charge on any atom is -0.480 e. The van der Waals surface area contributed by atoms with Gasteiger partial charge in [-0.05, 0) is 34.6 Å². The lowest BCUT2D eigenvalue weighted by Crippen LogP contribution is -2.60. The van der Waals surface area contributed by atoms with E-state index in [2.05, 4.69) is 5.32 Å². The van der Waals surface area contributed by atoms with E-state index in [-0.39, 0.29) is 0 Å². The number of carbonyl (C=O) groups excluding carboxylic acids is 1. The highest BCUT2D eigenvalue weighted by Gasteiger charge is 2.62. The summed E-state index contributed by atoms with van der Waals surface area (Å²) in [6.45, 7) is 8.32. The molecule has 136 valence electrons. The van der Waals surface area contributed by atoms with Crippen LogP contribution >= 0.6 is 0 Å². The van der Waals surface area contributed by atoms with Crippen LogP contribution in [0.5, 0.6) is 0 Å². The SMILES string of the molecule is CC(NC(=O)[C@@H]1O[C@H]2OC(C)(C)O[C@H]2[C@@H]2OC(C)(C)O[C@@H]21)C(=O)O. The van der Waals surface area contributed by atoms with Gasteiger partial charge in [-0.1, -0.05) is 0 Å². The van der Waals surface area contributed by atoms with E-state index in [1.165, 1.54) is 6.92 Å². The molecule has 0 aromatic heterocycles. The molecule has 9 nitrogen and oxygen atoms in total. The van der Waals surface area contributed by atoms with Crippen molar-refractivity contribution >= 4 is 11.9 Å². The largest absolute Gasteiger partial charge is 0.480 e. The third kappa shape index (κ3) is 3.14. The van der Waals surface area contributed by atoms with Gasteiger partial charge in [-0.15, -0.1) is 0 Å².